The van der Waals surface area contributed by atoms with Crippen molar-refractivity contribution in [2.24, 2.45) is 0 Å². The number of hydrogen-bond donors (Lipinski definition) is 1. The van der Waals surface area contributed by atoms with E-state index in [4.69, 9.17) is 0 Å². The van der Waals surface area contributed by atoms with E-state index in [0.29, 0.717) is 0 Å². The van der Waals surface area contributed by atoms with Crippen molar-refractivity contribution >= 4 is 52.0 Å². The van der Waals surface area contributed by atoms with E-state index in [9.17, 15) is 58.3 Å². The van der Waals surface area contributed by atoms with Crippen LogP contribution >= 0.6 is 22.9 Å². The van der Waals surface area contributed by atoms with E-state index >= 15 is 0 Å². The molecule has 0 saturated carbocycles. The topological polar surface area (TPSA) is 69.7 Å². The van der Waals surface area contributed by atoms with Crippen LogP contribution in [-0.2, 0) is 16.6 Å². The Balaban J connectivity index is 2.07. The molecule has 3 amide bonds. The maximum absolute atomic E-state index is 14.5. The fourth-order valence-electron chi connectivity index (χ4n) is 4.09. The molecule has 3 aromatic carbocycles. The van der Waals surface area contributed by atoms with E-state index in [1.165, 1.54) is 31.3 Å². The Bertz CT molecular complexity index is 1550. The summed E-state index contributed by atoms with van der Waals surface area (Å²) in [5.74, 6) is -2.27. The molecular formula is C28H20F10IN3O3. The minimum Gasteiger partial charge on any atom is -0.359 e. The summed E-state index contributed by atoms with van der Waals surface area (Å²) in [6.45, 7) is -0.192. The number of nitrogens with one attached hydrogen (secondary N) is 1. The average Bonchev–Trinajstić information content (AvgIpc) is 2.98. The molecule has 0 atom stereocenters. The van der Waals surface area contributed by atoms with Gasteiger partial charge in [0, 0.05) is 42.4 Å². The second-order valence-corrected chi connectivity index (χ2v) is 10.2. The first-order chi connectivity index (χ1) is 20.7. The Morgan fingerprint density at radius 2 is 1.31 bits per heavy atom. The lowest BCUT2D eigenvalue weighted by molar-refractivity contribution is -0.348. The standard InChI is InChI=1S/C28H20F10IN3O3/c1-40-22(43)12-13-41(23(44)16-6-3-2-4-7-16)19-9-5-8-17(14-19)24(45)42(39)21-11-10-18(15-20(21)26(30,31)32)25(29,27(33,34)35)28(36,37)38/h2-11,14-15H,12-13H2,1H3,(H,40,43). The Labute approximate surface area is 262 Å². The molecule has 45 heavy (non-hydrogen) atoms. The van der Waals surface area contributed by atoms with Crippen molar-refractivity contribution in [3.63, 3.8) is 0 Å². The van der Waals surface area contributed by atoms with Crippen LogP contribution in [0.4, 0.5) is 55.3 Å². The van der Waals surface area contributed by atoms with Crippen LogP contribution in [-0.4, -0.2) is 43.7 Å². The molecule has 3 rings (SSSR count). The van der Waals surface area contributed by atoms with Crippen molar-refractivity contribution in [1.29, 1.82) is 0 Å². The van der Waals surface area contributed by atoms with Crippen LogP contribution in [0.5, 0.6) is 0 Å². The normalized spacial score (nSPS) is 12.4. The molecule has 0 aromatic heterocycles. The van der Waals surface area contributed by atoms with E-state index in [1.54, 1.807) is 18.2 Å². The van der Waals surface area contributed by atoms with Gasteiger partial charge in [-0.15, -0.1) is 0 Å². The van der Waals surface area contributed by atoms with Crippen LogP contribution in [0.3, 0.4) is 0 Å². The Hall–Kier alpha value is -3.90. The number of carbonyl (C=O) groups excluding carboxylic acids is 3. The number of rotatable bonds is 8. The van der Waals surface area contributed by atoms with Gasteiger partial charge in [-0.1, -0.05) is 30.3 Å². The minimum absolute atomic E-state index is 0.0346. The molecular weight excluding hydrogens is 743 g/mol. The molecule has 0 spiro atoms. The van der Waals surface area contributed by atoms with Crippen molar-refractivity contribution in [3.8, 4) is 0 Å². The molecule has 0 radical (unpaired) electrons. The molecule has 3 aromatic rings. The van der Waals surface area contributed by atoms with Gasteiger partial charge in [-0.2, -0.15) is 39.5 Å². The van der Waals surface area contributed by atoms with Gasteiger partial charge in [-0.3, -0.25) is 14.4 Å². The van der Waals surface area contributed by atoms with E-state index in [2.05, 4.69) is 5.32 Å². The third kappa shape index (κ3) is 7.50. The van der Waals surface area contributed by atoms with Crippen molar-refractivity contribution in [2.45, 2.75) is 30.6 Å². The summed E-state index contributed by atoms with van der Waals surface area (Å²) in [5.41, 5.74) is -12.0. The first-order valence-electron chi connectivity index (χ1n) is 12.5. The first-order valence-corrected chi connectivity index (χ1v) is 13.4. The maximum Gasteiger partial charge on any atom is 0.435 e. The van der Waals surface area contributed by atoms with Crippen molar-refractivity contribution in [3.05, 3.63) is 95.1 Å². The molecule has 6 nitrogen and oxygen atoms in total. The first kappa shape index (κ1) is 35.6. The molecule has 1 N–H and O–H groups in total. The fourth-order valence-corrected chi connectivity index (χ4v) is 4.79. The summed E-state index contributed by atoms with van der Waals surface area (Å²) in [5, 5.41) is 2.38. The molecule has 0 saturated heterocycles. The molecule has 17 heteroatoms. The van der Waals surface area contributed by atoms with Crippen LogP contribution in [0.25, 0.3) is 0 Å². The number of amides is 3. The van der Waals surface area contributed by atoms with Crippen molar-refractivity contribution in [1.82, 2.24) is 5.32 Å². The summed E-state index contributed by atoms with van der Waals surface area (Å²) in [7, 11) is 1.36. The van der Waals surface area contributed by atoms with E-state index in [1.807, 2.05) is 0 Å². The van der Waals surface area contributed by atoms with Gasteiger partial charge < -0.3 is 10.2 Å². The van der Waals surface area contributed by atoms with Crippen LogP contribution < -0.4 is 13.3 Å². The number of benzene rings is 3. The van der Waals surface area contributed by atoms with Gasteiger partial charge in [-0.25, -0.2) is 7.50 Å². The SMILES string of the molecule is CNC(=O)CCN(C(=O)c1ccccc1)c1cccc(C(=O)N(I)c2ccc(C(F)(C(F)(F)F)C(F)(F)F)cc2C(F)(F)F)c1. The summed E-state index contributed by atoms with van der Waals surface area (Å²) < 4.78 is 136. The second-order valence-electron chi connectivity index (χ2n) is 9.27. The van der Waals surface area contributed by atoms with Gasteiger partial charge in [0.25, 0.3) is 11.8 Å². The molecule has 0 aliphatic heterocycles. The maximum atomic E-state index is 14.5. The van der Waals surface area contributed by atoms with E-state index in [-0.39, 0.29) is 45.0 Å². The average molecular weight is 763 g/mol. The van der Waals surface area contributed by atoms with Crippen LogP contribution in [0, 0.1) is 0 Å². The van der Waals surface area contributed by atoms with Crippen molar-refractivity contribution in [2.75, 3.05) is 21.6 Å². The number of carbonyl (C=O) groups is 3. The summed E-state index contributed by atoms with van der Waals surface area (Å²) in [6.07, 6.45) is -19.2. The van der Waals surface area contributed by atoms with Gasteiger partial charge in [0.15, 0.2) is 0 Å². The lowest BCUT2D eigenvalue weighted by Crippen LogP contribution is -2.50. The molecule has 0 fully saturated rings. The van der Waals surface area contributed by atoms with Gasteiger partial charge in [0.2, 0.25) is 5.91 Å². The molecule has 0 unspecified atom stereocenters. The second kappa shape index (κ2) is 13.2. The Kier molecular flexibility index (Phi) is 10.5. The molecule has 0 aliphatic carbocycles. The van der Waals surface area contributed by atoms with Crippen LogP contribution in [0.15, 0.2) is 72.8 Å². The lowest BCUT2D eigenvalue weighted by Gasteiger charge is -2.31. The number of alkyl halides is 10. The fraction of sp³-hybridized carbons (Fsp3) is 0.250. The number of nitrogens with zero attached hydrogens (tertiary/aromatic N) is 2. The number of anilines is 2. The smallest absolute Gasteiger partial charge is 0.359 e. The summed E-state index contributed by atoms with van der Waals surface area (Å²) in [4.78, 5) is 39.6. The number of halogens is 11. The van der Waals surface area contributed by atoms with Crippen LogP contribution in [0.1, 0.15) is 38.3 Å². The van der Waals surface area contributed by atoms with Gasteiger partial charge in [-0.05, 0) is 42.5 Å². The third-order valence-electron chi connectivity index (χ3n) is 6.38. The molecule has 242 valence electrons. The predicted molar refractivity (Wildman–Crippen MR) is 150 cm³/mol. The van der Waals surface area contributed by atoms with Crippen molar-refractivity contribution < 1.29 is 58.3 Å². The zero-order valence-corrected chi connectivity index (χ0v) is 24.8. The zero-order valence-electron chi connectivity index (χ0n) is 22.6. The zero-order chi connectivity index (χ0) is 34.0. The molecule has 0 heterocycles. The number of hydrogen-bond acceptors (Lipinski definition) is 3. The monoisotopic (exact) mass is 763 g/mol. The Morgan fingerprint density at radius 3 is 1.84 bits per heavy atom. The summed E-state index contributed by atoms with van der Waals surface area (Å²) in [6, 6.07) is 11.9. The van der Waals surface area contributed by atoms with E-state index in [0.717, 1.165) is 39.9 Å². The largest absolute Gasteiger partial charge is 0.435 e. The summed E-state index contributed by atoms with van der Waals surface area (Å²) >= 11 is 1.06. The lowest BCUT2D eigenvalue weighted by atomic mass is 9.92. The highest BCUT2D eigenvalue weighted by atomic mass is 127. The predicted octanol–water partition coefficient (Wildman–Crippen LogP) is 7.77. The van der Waals surface area contributed by atoms with Gasteiger partial charge >= 0.3 is 24.2 Å². The molecule has 0 aliphatic rings. The van der Waals surface area contributed by atoms with Gasteiger partial charge in [0.05, 0.1) is 34.1 Å². The third-order valence-corrected chi connectivity index (χ3v) is 7.34. The van der Waals surface area contributed by atoms with Gasteiger partial charge in [0.1, 0.15) is 0 Å². The Morgan fingerprint density at radius 1 is 0.733 bits per heavy atom. The minimum atomic E-state index is -6.67. The highest BCUT2D eigenvalue weighted by molar-refractivity contribution is 14.1. The highest BCUT2D eigenvalue weighted by Crippen LogP contribution is 2.54. The molecule has 0 bridgehead atoms. The van der Waals surface area contributed by atoms with E-state index < -0.39 is 64.8 Å². The quantitative estimate of drug-likeness (QED) is 0.145. The highest BCUT2D eigenvalue weighted by Gasteiger charge is 2.73. The van der Waals surface area contributed by atoms with Crippen LogP contribution in [0.2, 0.25) is 0 Å².